The maximum atomic E-state index is 13.6. The van der Waals surface area contributed by atoms with E-state index < -0.39 is 30.3 Å². The number of hydrogen-bond donors (Lipinski definition) is 4. The lowest BCUT2D eigenvalue weighted by molar-refractivity contribution is -0.128. The number of azide groups is 1. The predicted molar refractivity (Wildman–Crippen MR) is 134 cm³/mol. The molecule has 1 heterocycles. The summed E-state index contributed by atoms with van der Waals surface area (Å²) >= 11 is 0. The molecule has 0 bridgehead atoms. The molecule has 1 fully saturated rings. The van der Waals surface area contributed by atoms with Crippen molar-refractivity contribution >= 4 is 11.8 Å². The Balaban J connectivity index is 1.89. The van der Waals surface area contributed by atoms with Crippen LogP contribution in [0.3, 0.4) is 0 Å². The Morgan fingerprint density at radius 1 is 1.33 bits per heavy atom. The van der Waals surface area contributed by atoms with Crippen molar-refractivity contribution in [1.29, 1.82) is 0 Å². The van der Waals surface area contributed by atoms with Crippen LogP contribution in [-0.2, 0) is 14.3 Å². The summed E-state index contributed by atoms with van der Waals surface area (Å²) in [5.74, 6) is 0.126. The third-order valence-electron chi connectivity index (χ3n) is 7.18. The van der Waals surface area contributed by atoms with Gasteiger partial charge in [0.25, 0.3) is 5.91 Å². The summed E-state index contributed by atoms with van der Waals surface area (Å²) in [5.41, 5.74) is 9.18. The first kappa shape index (κ1) is 28.1. The smallest absolute Gasteiger partial charge is 0.252 e. The predicted octanol–water partition coefficient (Wildman–Crippen LogP) is 2.66. The number of ether oxygens (including phenoxy) is 2. The Kier molecular flexibility index (Phi) is 10.8. The zero-order valence-electron chi connectivity index (χ0n) is 20.8. The molecule has 0 aromatic heterocycles. The van der Waals surface area contributed by atoms with Crippen LogP contribution in [0.4, 0.5) is 0 Å². The highest BCUT2D eigenvalue weighted by atomic mass is 16.5. The van der Waals surface area contributed by atoms with Gasteiger partial charge in [0.1, 0.15) is 0 Å². The second kappa shape index (κ2) is 13.8. The number of nitrogens with one attached hydrogen (secondary N) is 1. The van der Waals surface area contributed by atoms with Gasteiger partial charge in [0.2, 0.25) is 0 Å². The molecule has 11 heteroatoms. The first-order valence-corrected chi connectivity index (χ1v) is 12.9. The number of aliphatic hydroxyl groups is 3. The van der Waals surface area contributed by atoms with Crippen LogP contribution < -0.4 is 5.32 Å². The molecule has 3 aliphatic rings. The van der Waals surface area contributed by atoms with Gasteiger partial charge >= 0.3 is 0 Å². The van der Waals surface area contributed by atoms with E-state index in [0.717, 1.165) is 44.1 Å². The van der Waals surface area contributed by atoms with Crippen LogP contribution in [0.2, 0.25) is 0 Å². The Labute approximate surface area is 211 Å². The van der Waals surface area contributed by atoms with E-state index in [-0.39, 0.29) is 31.6 Å². The number of aliphatic hydroxyl groups excluding tert-OH is 3. The average Bonchev–Trinajstić information content (AvgIpc) is 3.28. The van der Waals surface area contributed by atoms with Gasteiger partial charge in [0.15, 0.2) is 17.5 Å². The topological polar surface area (TPSA) is 169 Å². The second-order valence-electron chi connectivity index (χ2n) is 9.70. The highest BCUT2D eigenvalue weighted by Crippen LogP contribution is 2.43. The van der Waals surface area contributed by atoms with Crippen molar-refractivity contribution < 1.29 is 29.6 Å². The summed E-state index contributed by atoms with van der Waals surface area (Å²) < 4.78 is 12.3. The van der Waals surface area contributed by atoms with Gasteiger partial charge in [-0.1, -0.05) is 11.2 Å². The Hall–Kier alpha value is -2.43. The average molecular weight is 506 g/mol. The first-order valence-electron chi connectivity index (χ1n) is 12.9. The zero-order valence-corrected chi connectivity index (χ0v) is 20.8. The number of hydrogen-bond acceptors (Lipinski definition) is 8. The van der Waals surface area contributed by atoms with Crippen molar-refractivity contribution in [3.63, 3.8) is 0 Å². The van der Waals surface area contributed by atoms with Crippen LogP contribution in [0.5, 0.6) is 0 Å². The van der Waals surface area contributed by atoms with Gasteiger partial charge in [-0.2, -0.15) is 0 Å². The summed E-state index contributed by atoms with van der Waals surface area (Å²) in [6, 6.07) is 0. The Morgan fingerprint density at radius 3 is 2.75 bits per heavy atom. The molecule has 36 heavy (non-hydrogen) atoms. The first-order chi connectivity index (χ1) is 17.5. The quantitative estimate of drug-likeness (QED) is 0.0986. The molecule has 0 radical (unpaired) electrons. The fourth-order valence-electron chi connectivity index (χ4n) is 5.26. The van der Waals surface area contributed by atoms with Gasteiger partial charge in [-0.05, 0) is 68.9 Å². The van der Waals surface area contributed by atoms with Crippen molar-refractivity contribution in [3.05, 3.63) is 34.4 Å². The van der Waals surface area contributed by atoms with Crippen molar-refractivity contribution in [2.24, 2.45) is 16.0 Å². The van der Waals surface area contributed by atoms with Crippen LogP contribution in [0.15, 0.2) is 34.0 Å². The molecule has 1 unspecified atom stereocenters. The highest BCUT2D eigenvalue weighted by molar-refractivity contribution is 5.95. The van der Waals surface area contributed by atoms with Crippen LogP contribution >= 0.6 is 0 Å². The molecule has 11 nitrogen and oxygen atoms in total. The minimum absolute atomic E-state index is 0.0276. The van der Waals surface area contributed by atoms with Gasteiger partial charge in [-0.3, -0.25) is 4.79 Å². The van der Waals surface area contributed by atoms with Gasteiger partial charge in [-0.25, -0.2) is 4.99 Å². The molecule has 0 aromatic carbocycles. The van der Waals surface area contributed by atoms with Crippen LogP contribution in [-0.4, -0.2) is 77.3 Å². The number of allylic oxidation sites excluding steroid dienone is 1. The van der Waals surface area contributed by atoms with E-state index in [0.29, 0.717) is 37.5 Å². The van der Waals surface area contributed by atoms with Gasteiger partial charge in [0, 0.05) is 42.7 Å². The molecule has 4 N–H and O–H groups in total. The van der Waals surface area contributed by atoms with Crippen molar-refractivity contribution in [1.82, 2.24) is 5.32 Å². The molecule has 3 rings (SSSR count). The largest absolute Gasteiger partial charge is 0.470 e. The number of aliphatic imine (C=N–C) groups is 1. The zero-order chi connectivity index (χ0) is 26.0. The van der Waals surface area contributed by atoms with Gasteiger partial charge in [-0.15, -0.1) is 6.58 Å². The van der Waals surface area contributed by atoms with E-state index in [1.165, 1.54) is 0 Å². The summed E-state index contributed by atoms with van der Waals surface area (Å²) in [6.45, 7) is 3.90. The van der Waals surface area contributed by atoms with Crippen LogP contribution in [0, 0.1) is 5.92 Å². The normalized spacial score (nSPS) is 29.1. The third kappa shape index (κ3) is 6.66. The number of amides is 1. The molecule has 1 saturated carbocycles. The number of rotatable bonds is 13. The number of carbonyl (C=O) groups excluding carboxylic acids is 1. The molecule has 0 spiro atoms. The number of nitrogens with zero attached hydrogens (tertiary/aromatic N) is 4. The fourth-order valence-corrected chi connectivity index (χ4v) is 5.26. The fraction of sp³-hybridized carbons (Fsp3) is 0.760. The minimum atomic E-state index is -1.34. The van der Waals surface area contributed by atoms with Crippen molar-refractivity contribution in [3.8, 4) is 0 Å². The Morgan fingerprint density at radius 2 is 2.08 bits per heavy atom. The van der Waals surface area contributed by atoms with E-state index >= 15 is 0 Å². The maximum absolute atomic E-state index is 13.6. The van der Waals surface area contributed by atoms with E-state index in [9.17, 15) is 15.0 Å². The number of carbonyl (C=O) groups is 1. The molecule has 3 atom stereocenters. The monoisotopic (exact) mass is 505 g/mol. The van der Waals surface area contributed by atoms with Crippen molar-refractivity contribution in [2.75, 3.05) is 26.4 Å². The molecular formula is C25H39N5O6. The molecule has 0 saturated heterocycles. The lowest BCUT2D eigenvalue weighted by atomic mass is 9.79. The lowest BCUT2D eigenvalue weighted by Crippen LogP contribution is -2.54. The maximum Gasteiger partial charge on any atom is 0.252 e. The molecule has 2 aliphatic carbocycles. The molecular weight excluding hydrogens is 466 g/mol. The Bertz CT molecular complexity index is 878. The van der Waals surface area contributed by atoms with Crippen molar-refractivity contribution in [2.45, 2.75) is 88.1 Å². The molecule has 0 aromatic rings. The molecule has 200 valence electrons. The van der Waals surface area contributed by atoms with Gasteiger partial charge < -0.3 is 30.1 Å². The van der Waals surface area contributed by atoms with E-state index in [4.69, 9.17) is 25.1 Å². The summed E-state index contributed by atoms with van der Waals surface area (Å²) in [5, 5.41) is 34.6. The van der Waals surface area contributed by atoms with Gasteiger partial charge in [0.05, 0.1) is 18.8 Å². The summed E-state index contributed by atoms with van der Waals surface area (Å²) in [6.07, 6.45) is 7.04. The van der Waals surface area contributed by atoms with E-state index in [1.54, 1.807) is 6.08 Å². The molecule has 1 amide bonds. The third-order valence-corrected chi connectivity index (χ3v) is 7.18. The molecule has 1 aliphatic heterocycles. The second-order valence-corrected chi connectivity index (χ2v) is 9.70. The van der Waals surface area contributed by atoms with Crippen LogP contribution in [0.25, 0.3) is 10.4 Å². The highest BCUT2D eigenvalue weighted by Gasteiger charge is 2.54. The van der Waals surface area contributed by atoms with Crippen LogP contribution in [0.1, 0.15) is 64.2 Å². The summed E-state index contributed by atoms with van der Waals surface area (Å²) in [4.78, 5) is 21.5. The van der Waals surface area contributed by atoms with E-state index in [1.807, 2.05) is 0 Å². The van der Waals surface area contributed by atoms with E-state index in [2.05, 4.69) is 21.9 Å². The standard InChI is InChI=1S/C25H39N5O6/c1-2-12-25(24(34)27-15-18(33)16-32)22(20-6-3-4-7-21(20)29-30-26)36-23(28-25)17-8-10-19(11-9-17)35-14-5-13-31/h2,17-19,22,31-33H,1,3-16H2,(H,27,34)/t17?,18?,19?,22-,25-/m0/s1. The SMILES string of the molecule is C=CC[C@]1(C(=O)NCC(O)CO)N=C(C2CCC(OCCCO)CC2)O[C@H]1C1=C(N=[N+]=[N-])CCCC1. The minimum Gasteiger partial charge on any atom is -0.470 e. The lowest BCUT2D eigenvalue weighted by Gasteiger charge is -2.34. The summed E-state index contributed by atoms with van der Waals surface area (Å²) in [7, 11) is 0.